The lowest BCUT2D eigenvalue weighted by molar-refractivity contribution is 0.310. The minimum absolute atomic E-state index is 0.102. The molecule has 4 heteroatoms. The van der Waals surface area contributed by atoms with Crippen LogP contribution < -0.4 is 10.1 Å². The van der Waals surface area contributed by atoms with Crippen molar-refractivity contribution in [2.45, 2.75) is 53.1 Å². The van der Waals surface area contributed by atoms with Gasteiger partial charge in [0.2, 0.25) is 0 Å². The number of rotatable bonds is 8. The minimum atomic E-state index is 0.102. The highest BCUT2D eigenvalue weighted by Gasteiger charge is 2.13. The largest absolute Gasteiger partial charge is 0.493 e. The molecule has 0 saturated carbocycles. The van der Waals surface area contributed by atoms with E-state index in [-0.39, 0.29) is 5.54 Å². The van der Waals surface area contributed by atoms with E-state index in [0.29, 0.717) is 0 Å². The number of aryl methyl sites for hydroxylation is 1. The molecule has 0 aliphatic carbocycles. The smallest absolute Gasteiger partial charge is 0.126 e. The highest BCUT2D eigenvalue weighted by molar-refractivity contribution is 9.10. The molecule has 2 nitrogen and oxygen atoms in total. The first-order chi connectivity index (χ1) is 9.83. The van der Waals surface area contributed by atoms with Crippen LogP contribution in [0.4, 0.5) is 0 Å². The second-order valence-corrected chi connectivity index (χ2v) is 8.52. The summed E-state index contributed by atoms with van der Waals surface area (Å²) in [4.78, 5) is 0. The minimum Gasteiger partial charge on any atom is -0.493 e. The molecule has 0 aromatic heterocycles. The zero-order valence-corrected chi connectivity index (χ0v) is 16.3. The number of nitrogens with one attached hydrogen (secondary N) is 1. The van der Waals surface area contributed by atoms with E-state index in [1.807, 2.05) is 11.8 Å². The Kier molecular flexibility index (Phi) is 8.14. The van der Waals surface area contributed by atoms with Crippen LogP contribution in [0, 0.1) is 6.92 Å². The summed E-state index contributed by atoms with van der Waals surface area (Å²) in [5, 5.41) is 3.54. The molecule has 0 saturated heterocycles. The van der Waals surface area contributed by atoms with Gasteiger partial charge in [-0.15, -0.1) is 0 Å². The van der Waals surface area contributed by atoms with E-state index in [4.69, 9.17) is 4.74 Å². The summed E-state index contributed by atoms with van der Waals surface area (Å²) in [6, 6.07) is 4.28. The third-order valence-electron chi connectivity index (χ3n) is 3.01. The van der Waals surface area contributed by atoms with Crippen molar-refractivity contribution in [3.63, 3.8) is 0 Å². The molecule has 21 heavy (non-hydrogen) atoms. The zero-order chi connectivity index (χ0) is 15.9. The summed E-state index contributed by atoms with van der Waals surface area (Å²) in [6.07, 6.45) is 1.10. The maximum absolute atomic E-state index is 6.06. The molecule has 120 valence electrons. The van der Waals surface area contributed by atoms with E-state index >= 15 is 0 Å². The van der Waals surface area contributed by atoms with Crippen LogP contribution in [0.5, 0.6) is 5.75 Å². The Bertz CT molecular complexity index is 443. The number of hydrogen-bond acceptors (Lipinski definition) is 3. The molecule has 0 amide bonds. The first-order valence-corrected chi connectivity index (χ1v) is 9.53. The van der Waals surface area contributed by atoms with Gasteiger partial charge in [-0.3, -0.25) is 0 Å². The third kappa shape index (κ3) is 7.57. The summed E-state index contributed by atoms with van der Waals surface area (Å²) in [5.41, 5.74) is 2.52. The summed E-state index contributed by atoms with van der Waals surface area (Å²) in [5.74, 6) is 3.39. The van der Waals surface area contributed by atoms with Gasteiger partial charge < -0.3 is 10.1 Å². The fourth-order valence-corrected chi connectivity index (χ4v) is 3.21. The van der Waals surface area contributed by atoms with Crippen molar-refractivity contribution in [1.29, 1.82) is 0 Å². The molecule has 1 aromatic rings. The van der Waals surface area contributed by atoms with Crippen LogP contribution in [0.15, 0.2) is 16.6 Å². The second kappa shape index (κ2) is 9.06. The van der Waals surface area contributed by atoms with Crippen LogP contribution >= 0.6 is 27.7 Å². The molecule has 0 heterocycles. The Balaban J connectivity index is 2.71. The SMILES string of the molecule is CCSCCCOc1c(C)cc(Br)cc1CNC(C)(C)C. The number of halogens is 1. The number of ether oxygens (including phenoxy) is 1. The first-order valence-electron chi connectivity index (χ1n) is 7.58. The van der Waals surface area contributed by atoms with Crippen molar-refractivity contribution in [2.24, 2.45) is 0 Å². The van der Waals surface area contributed by atoms with Crippen LogP contribution in [-0.2, 0) is 6.54 Å². The predicted molar refractivity (Wildman–Crippen MR) is 98.6 cm³/mol. The van der Waals surface area contributed by atoms with Crippen molar-refractivity contribution in [1.82, 2.24) is 5.32 Å². The first kappa shape index (κ1) is 18.9. The van der Waals surface area contributed by atoms with Gasteiger partial charge in [-0.2, -0.15) is 11.8 Å². The van der Waals surface area contributed by atoms with Gasteiger partial charge in [-0.05, 0) is 63.3 Å². The topological polar surface area (TPSA) is 21.3 Å². The van der Waals surface area contributed by atoms with Crippen molar-refractivity contribution >= 4 is 27.7 Å². The van der Waals surface area contributed by atoms with Gasteiger partial charge >= 0.3 is 0 Å². The average Bonchev–Trinajstić information content (AvgIpc) is 2.37. The molecule has 0 atom stereocenters. The Labute approximate surface area is 142 Å². The lowest BCUT2D eigenvalue weighted by atomic mass is 10.1. The van der Waals surface area contributed by atoms with Crippen molar-refractivity contribution in [3.05, 3.63) is 27.7 Å². The van der Waals surface area contributed by atoms with Crippen molar-refractivity contribution in [2.75, 3.05) is 18.1 Å². The molecule has 0 aliphatic heterocycles. The number of benzene rings is 1. The summed E-state index contributed by atoms with van der Waals surface area (Å²) in [6.45, 7) is 12.5. The fraction of sp³-hybridized carbons (Fsp3) is 0.647. The van der Waals surface area contributed by atoms with Crippen LogP contribution in [0.25, 0.3) is 0 Å². The Morgan fingerprint density at radius 3 is 2.62 bits per heavy atom. The van der Waals surface area contributed by atoms with E-state index in [1.165, 1.54) is 22.6 Å². The average molecular weight is 374 g/mol. The van der Waals surface area contributed by atoms with Gasteiger partial charge in [-0.25, -0.2) is 0 Å². The van der Waals surface area contributed by atoms with Gasteiger partial charge in [0.05, 0.1) is 6.61 Å². The fourth-order valence-electron chi connectivity index (χ4n) is 1.98. The Hall–Kier alpha value is -0.190. The van der Waals surface area contributed by atoms with Crippen LogP contribution in [0.2, 0.25) is 0 Å². The monoisotopic (exact) mass is 373 g/mol. The Morgan fingerprint density at radius 1 is 1.29 bits per heavy atom. The molecule has 1 N–H and O–H groups in total. The number of hydrogen-bond donors (Lipinski definition) is 1. The lowest BCUT2D eigenvalue weighted by Gasteiger charge is -2.22. The van der Waals surface area contributed by atoms with Crippen LogP contribution in [-0.4, -0.2) is 23.7 Å². The molecule has 1 rings (SSSR count). The molecule has 1 aromatic carbocycles. The van der Waals surface area contributed by atoms with Gasteiger partial charge in [0, 0.05) is 22.1 Å². The molecular weight excluding hydrogens is 346 g/mol. The molecule has 0 radical (unpaired) electrons. The normalized spacial score (nSPS) is 11.7. The molecule has 0 fully saturated rings. The summed E-state index contributed by atoms with van der Waals surface area (Å²) >= 11 is 5.55. The van der Waals surface area contributed by atoms with Gasteiger partial charge in [0.1, 0.15) is 5.75 Å². The van der Waals surface area contributed by atoms with Crippen molar-refractivity contribution in [3.8, 4) is 5.75 Å². The molecular formula is C17H28BrNOS. The highest BCUT2D eigenvalue weighted by Crippen LogP contribution is 2.28. The second-order valence-electron chi connectivity index (χ2n) is 6.21. The van der Waals surface area contributed by atoms with Gasteiger partial charge in [0.25, 0.3) is 0 Å². The lowest BCUT2D eigenvalue weighted by Crippen LogP contribution is -2.35. The van der Waals surface area contributed by atoms with E-state index in [2.05, 4.69) is 68.0 Å². The standard InChI is InChI=1S/C17H28BrNOS/c1-6-21-9-7-8-20-16-13(2)10-15(18)11-14(16)12-19-17(3,4)5/h10-11,19H,6-9,12H2,1-5H3. The van der Waals surface area contributed by atoms with E-state index in [1.54, 1.807) is 0 Å². The predicted octanol–water partition coefficient (Wildman–Crippen LogP) is 5.17. The molecule has 0 spiro atoms. The molecule has 0 bridgehead atoms. The zero-order valence-electron chi connectivity index (χ0n) is 13.9. The van der Waals surface area contributed by atoms with E-state index in [0.717, 1.165) is 29.8 Å². The molecule has 0 unspecified atom stereocenters. The maximum atomic E-state index is 6.06. The maximum Gasteiger partial charge on any atom is 0.126 e. The van der Waals surface area contributed by atoms with Gasteiger partial charge in [-0.1, -0.05) is 22.9 Å². The third-order valence-corrected chi connectivity index (χ3v) is 4.45. The summed E-state index contributed by atoms with van der Waals surface area (Å²) in [7, 11) is 0. The van der Waals surface area contributed by atoms with Crippen LogP contribution in [0.1, 0.15) is 45.2 Å². The van der Waals surface area contributed by atoms with E-state index in [9.17, 15) is 0 Å². The van der Waals surface area contributed by atoms with Crippen LogP contribution in [0.3, 0.4) is 0 Å². The quantitative estimate of drug-likeness (QED) is 0.635. The van der Waals surface area contributed by atoms with Crippen molar-refractivity contribution < 1.29 is 4.74 Å². The Morgan fingerprint density at radius 2 is 2.00 bits per heavy atom. The number of thioether (sulfide) groups is 1. The van der Waals surface area contributed by atoms with Gasteiger partial charge in [0.15, 0.2) is 0 Å². The van der Waals surface area contributed by atoms with E-state index < -0.39 is 0 Å². The summed E-state index contributed by atoms with van der Waals surface area (Å²) < 4.78 is 7.17. The molecule has 0 aliphatic rings. The highest BCUT2D eigenvalue weighted by atomic mass is 79.9.